The van der Waals surface area contributed by atoms with Gasteiger partial charge in [-0.2, -0.15) is 0 Å². The molecular weight excluding hydrogens is 917 g/mol. The first-order valence-electron chi connectivity index (χ1n) is 23.1. The summed E-state index contributed by atoms with van der Waals surface area (Å²) in [7, 11) is 205. The van der Waals surface area contributed by atoms with E-state index in [0.717, 1.165) is 0 Å². The molecule has 10 aromatic rings. The van der Waals surface area contributed by atoms with E-state index in [1.807, 2.05) is 0 Å². The smallest absolute Gasteiger partial charge is 0.141 e. The van der Waals surface area contributed by atoms with Crippen molar-refractivity contribution in [3.05, 3.63) is 0 Å². The Morgan fingerprint density at radius 1 is 0.114 bits per heavy atom. The highest BCUT2D eigenvalue weighted by atomic mass is 16.3. The molecule has 0 atom stereocenters. The molecule has 31 heteroatoms. The van der Waals surface area contributed by atoms with Gasteiger partial charge in [0.25, 0.3) is 0 Å². The van der Waals surface area contributed by atoms with Gasteiger partial charge in [-0.3, -0.25) is 0 Å². The number of rotatable bonds is 4. The summed E-state index contributed by atoms with van der Waals surface area (Å²) >= 11 is 0. The van der Waals surface area contributed by atoms with Crippen LogP contribution in [0.1, 0.15) is 0 Å². The molecule has 1 nitrogen and oxygen atoms in total. The van der Waals surface area contributed by atoms with Crippen molar-refractivity contribution < 1.29 is 4.42 Å². The van der Waals surface area contributed by atoms with Crippen LogP contribution in [0.4, 0.5) is 0 Å². The summed E-state index contributed by atoms with van der Waals surface area (Å²) in [5, 5.41) is -0.0921. The quantitative estimate of drug-likeness (QED) is 0.127. The van der Waals surface area contributed by atoms with E-state index in [-0.39, 0.29) is 263 Å². The van der Waals surface area contributed by atoms with Crippen LogP contribution in [0.15, 0.2) is 4.42 Å². The third-order valence-corrected chi connectivity index (χ3v) is 15.3. The van der Waals surface area contributed by atoms with Crippen LogP contribution in [-0.4, -0.2) is 235 Å². The van der Waals surface area contributed by atoms with Gasteiger partial charge >= 0.3 is 0 Å². The molecule has 9 aromatic carbocycles. The summed E-state index contributed by atoms with van der Waals surface area (Å²) in [4.78, 5) is 0. The van der Waals surface area contributed by atoms with Crippen LogP contribution in [-0.2, 0) is 0 Å². The standard InChI is InChI=1S/C48B30O/c49-17-8(12-26(58)38(70)44(76)39(71)27(12)59)9(13-28(60)40(72)45(77)41(73)29(13)61)18(50)24(56)11(17)2-5-3(19(51)33(65)35(67)21(5)53)1(4-6(2)22(54)36(68)34(66)20(4)52)7-10-15-31(63)25(57)14-16(32(64)42(74)37(69)30(14)62)47(15)79-48(10)46(78)43(75)23(7)55. The second-order valence-electron chi connectivity index (χ2n) is 19.2. The Kier molecular flexibility index (Phi) is 14.3. The van der Waals surface area contributed by atoms with Crippen LogP contribution < -0.4 is 164 Å². The van der Waals surface area contributed by atoms with Crippen molar-refractivity contribution in [2.45, 2.75) is 0 Å². The van der Waals surface area contributed by atoms with Gasteiger partial charge < -0.3 is 4.42 Å². The predicted molar refractivity (Wildman–Crippen MR) is 370 cm³/mol. The van der Waals surface area contributed by atoms with Gasteiger partial charge in [0, 0.05) is 16.2 Å². The zero-order chi connectivity index (χ0) is 58.4. The minimum atomic E-state index is -0.347. The normalized spacial score (nSPS) is 11.8. The molecule has 288 valence electrons. The van der Waals surface area contributed by atoms with E-state index in [0.29, 0.717) is 0 Å². The van der Waals surface area contributed by atoms with Gasteiger partial charge in [-0.25, -0.2) is 0 Å². The molecule has 0 saturated carbocycles. The van der Waals surface area contributed by atoms with Crippen molar-refractivity contribution in [1.82, 2.24) is 0 Å². The van der Waals surface area contributed by atoms with Crippen molar-refractivity contribution in [3.8, 4) is 44.5 Å². The van der Waals surface area contributed by atoms with Crippen molar-refractivity contribution in [3.63, 3.8) is 0 Å². The fraction of sp³-hybridized carbons (Fsp3) is 0. The first kappa shape index (κ1) is 57.7. The van der Waals surface area contributed by atoms with Gasteiger partial charge in [-0.1, -0.05) is 92.9 Å². The van der Waals surface area contributed by atoms with Crippen molar-refractivity contribution in [2.24, 2.45) is 0 Å². The molecule has 79 heavy (non-hydrogen) atoms. The Morgan fingerprint density at radius 3 is 0.696 bits per heavy atom. The Morgan fingerprint density at radius 2 is 0.316 bits per heavy atom. The second-order valence-corrected chi connectivity index (χ2v) is 19.2. The zero-order valence-electron chi connectivity index (χ0n) is 41.7. The molecule has 0 saturated heterocycles. The first-order valence-corrected chi connectivity index (χ1v) is 23.1. The van der Waals surface area contributed by atoms with Crippen LogP contribution >= 0.6 is 0 Å². The van der Waals surface area contributed by atoms with Gasteiger partial charge in [0.2, 0.25) is 0 Å². The number of furan rings is 1. The van der Waals surface area contributed by atoms with Crippen molar-refractivity contribution in [1.29, 1.82) is 0 Å². The third-order valence-electron chi connectivity index (χ3n) is 15.3. The average Bonchev–Trinajstić information content (AvgIpc) is 4.00. The summed E-state index contributed by atoms with van der Waals surface area (Å²) < 4.78 is 6.64. The predicted octanol–water partition coefficient (Wildman–Crippen LogP) is -22.5. The van der Waals surface area contributed by atoms with E-state index in [9.17, 15) is 0 Å². The number of hydrogen-bond donors (Lipinski definition) is 0. The van der Waals surface area contributed by atoms with Crippen LogP contribution in [0.3, 0.4) is 0 Å². The molecule has 10 rings (SSSR count). The maximum absolute atomic E-state index is 7.57. The maximum atomic E-state index is 7.57. The van der Waals surface area contributed by atoms with E-state index >= 15 is 0 Å². The van der Waals surface area contributed by atoms with Crippen molar-refractivity contribution >= 4 is 454 Å². The van der Waals surface area contributed by atoms with Crippen LogP contribution in [0, 0.1) is 0 Å². The third kappa shape index (κ3) is 7.52. The lowest BCUT2D eigenvalue weighted by Crippen LogP contribution is -2.57. The average molecular weight is 917 g/mol. The molecule has 1 aromatic heterocycles. The largest absolute Gasteiger partial charge is 0.456 e. The molecule has 0 aliphatic carbocycles. The monoisotopic (exact) mass is 922 g/mol. The van der Waals surface area contributed by atoms with E-state index in [1.165, 1.54) is 0 Å². The number of benzene rings is 9. The van der Waals surface area contributed by atoms with E-state index < -0.39 is 0 Å². The lowest BCUT2D eigenvalue weighted by Gasteiger charge is -2.34. The molecule has 60 radical (unpaired) electrons. The highest BCUT2D eigenvalue weighted by Gasteiger charge is 2.33. The second kappa shape index (κ2) is 19.6. The number of fused-ring (bicyclic) bond motifs is 7. The molecule has 0 amide bonds. The van der Waals surface area contributed by atoms with Gasteiger partial charge in [-0.05, 0) is 71.4 Å². The Balaban J connectivity index is 1.56. The topological polar surface area (TPSA) is 13.1 Å². The van der Waals surface area contributed by atoms with E-state index in [1.54, 1.807) is 0 Å². The molecule has 0 unspecified atom stereocenters. The highest BCUT2D eigenvalue weighted by Crippen LogP contribution is 2.44. The Hall–Kier alpha value is -4.49. The lowest BCUT2D eigenvalue weighted by molar-refractivity contribution is 0.676. The molecule has 0 spiro atoms. The highest BCUT2D eigenvalue weighted by molar-refractivity contribution is 6.77. The van der Waals surface area contributed by atoms with Crippen LogP contribution in [0.25, 0.3) is 98.8 Å². The van der Waals surface area contributed by atoms with E-state index in [2.05, 4.69) is 0 Å². The van der Waals surface area contributed by atoms with Crippen LogP contribution in [0.2, 0.25) is 0 Å². The molecule has 0 fully saturated rings. The molecule has 0 N–H and O–H groups in total. The van der Waals surface area contributed by atoms with E-state index in [4.69, 9.17) is 240 Å². The van der Waals surface area contributed by atoms with Gasteiger partial charge in [-0.15, -0.1) is 71.0 Å². The molecule has 0 bridgehead atoms. The van der Waals surface area contributed by atoms with Crippen molar-refractivity contribution in [2.75, 3.05) is 0 Å². The summed E-state index contributed by atoms with van der Waals surface area (Å²) in [6.07, 6.45) is 0. The first-order chi connectivity index (χ1) is 36.8. The van der Waals surface area contributed by atoms with Gasteiger partial charge in [0.1, 0.15) is 247 Å². The maximum Gasteiger partial charge on any atom is 0.141 e. The molecular formula is C48B30O. The van der Waals surface area contributed by atoms with Gasteiger partial charge in [0.15, 0.2) is 0 Å². The molecule has 0 aliphatic rings. The summed E-state index contributed by atoms with van der Waals surface area (Å²) in [5.41, 5.74) is -7.69. The van der Waals surface area contributed by atoms with Gasteiger partial charge in [0.05, 0.1) is 0 Å². The molecule has 0 aliphatic heterocycles. The Bertz CT molecular complexity index is 4460. The molecule has 1 heterocycles. The number of hydrogen-bond acceptors (Lipinski definition) is 1. The summed E-state index contributed by atoms with van der Waals surface area (Å²) in [5.74, 6) is 0. The van der Waals surface area contributed by atoms with Crippen LogP contribution in [0.5, 0.6) is 0 Å². The fourth-order valence-electron chi connectivity index (χ4n) is 11.0. The summed E-state index contributed by atoms with van der Waals surface area (Å²) in [6.45, 7) is 0. The fourth-order valence-corrected chi connectivity index (χ4v) is 11.0. The SMILES string of the molecule is [B]c1c([B])c([B])c(-c2c([B])c([B])c(-c3c4c([B])c([B])c([B])c([B])c4c(-c4c([B])c([B])c([B])c5oc6c7c([B])c([B])c([B])c([B])c7c([B])c([B])c6c45)c4c([B])c([B])c([B])c([B])c34)c([B])c2-c2c([B])c([B])c([B])c([B])c2[B])c([B])c1[B]. The minimum Gasteiger partial charge on any atom is -0.456 e. The summed E-state index contributed by atoms with van der Waals surface area (Å²) in [6, 6.07) is 0. The minimum absolute atomic E-state index is 0.0346. The zero-order valence-corrected chi connectivity index (χ0v) is 41.7. The lowest BCUT2D eigenvalue weighted by atomic mass is 9.54. The Labute approximate surface area is 498 Å².